The molecule has 3 aromatic rings. The molecule has 2 fully saturated rings. The first-order valence-electron chi connectivity index (χ1n) is 9.17. The minimum atomic E-state index is -1.52. The maximum absolute atomic E-state index is 14.3. The maximum Gasteiger partial charge on any atom is 0.415 e. The second-order valence-electron chi connectivity index (χ2n) is 7.12. The number of halogens is 1. The average Bonchev–Trinajstić information content (AvgIpc) is 3.11. The van der Waals surface area contributed by atoms with E-state index in [1.165, 1.54) is 11.3 Å². The van der Waals surface area contributed by atoms with Crippen LogP contribution in [0.1, 0.15) is 42.6 Å². The molecule has 9 heteroatoms. The van der Waals surface area contributed by atoms with Gasteiger partial charge in [0.2, 0.25) is 0 Å². The number of benzene rings is 1. The van der Waals surface area contributed by atoms with E-state index in [-0.39, 0.29) is 17.4 Å². The van der Waals surface area contributed by atoms with Gasteiger partial charge in [-0.25, -0.2) is 19.2 Å². The van der Waals surface area contributed by atoms with Crippen LogP contribution in [0.3, 0.4) is 0 Å². The van der Waals surface area contributed by atoms with Crippen molar-refractivity contribution in [3.8, 4) is 5.75 Å². The fraction of sp³-hybridized carbons (Fsp3) is 0.368. The van der Waals surface area contributed by atoms with Crippen LogP contribution in [0.15, 0.2) is 35.1 Å². The van der Waals surface area contributed by atoms with Gasteiger partial charge in [-0.15, -0.1) is 0 Å². The van der Waals surface area contributed by atoms with Crippen LogP contribution in [0.4, 0.5) is 9.18 Å². The highest BCUT2D eigenvalue weighted by Gasteiger charge is 2.48. The lowest BCUT2D eigenvalue weighted by Gasteiger charge is -2.22. The van der Waals surface area contributed by atoms with E-state index in [0.29, 0.717) is 35.0 Å². The number of amides is 1. The molecular formula is C19H17FN4O3S. The highest BCUT2D eigenvalue weighted by molar-refractivity contribution is 7.18. The fourth-order valence-corrected chi connectivity index (χ4v) is 4.53. The van der Waals surface area contributed by atoms with E-state index in [4.69, 9.17) is 4.74 Å². The molecule has 1 unspecified atom stereocenters. The van der Waals surface area contributed by atoms with Gasteiger partial charge in [-0.1, -0.05) is 29.5 Å². The van der Waals surface area contributed by atoms with Gasteiger partial charge in [-0.05, 0) is 37.8 Å². The van der Waals surface area contributed by atoms with Gasteiger partial charge in [0.25, 0.3) is 5.56 Å². The van der Waals surface area contributed by atoms with Crippen LogP contribution in [0, 0.1) is 0 Å². The number of likely N-dealkylation sites (tertiary alicyclic amines) is 1. The molecule has 1 aliphatic heterocycles. The number of rotatable bonds is 3. The van der Waals surface area contributed by atoms with Gasteiger partial charge in [-0.2, -0.15) is 0 Å². The Balaban J connectivity index is 1.44. The lowest BCUT2D eigenvalue weighted by Crippen LogP contribution is -2.33. The SMILES string of the molecule is O=C(Oc1ccccc1)N1CCCC1c1nc2c(=O)[nH]c(C3(F)CC3)nc2s1. The molecule has 5 rings (SSSR count). The van der Waals surface area contributed by atoms with Crippen molar-refractivity contribution >= 4 is 27.8 Å². The van der Waals surface area contributed by atoms with E-state index in [1.807, 2.05) is 6.07 Å². The number of nitrogens with zero attached hydrogens (tertiary/aromatic N) is 3. The number of carbonyl (C=O) groups excluding carboxylic acids is 1. The third-order valence-corrected chi connectivity index (χ3v) is 6.17. The summed E-state index contributed by atoms with van der Waals surface area (Å²) in [5.41, 5.74) is -1.77. The van der Waals surface area contributed by atoms with E-state index < -0.39 is 17.3 Å². The number of aromatic amines is 1. The van der Waals surface area contributed by atoms with Crippen LogP contribution in [-0.4, -0.2) is 32.5 Å². The summed E-state index contributed by atoms with van der Waals surface area (Å²) in [6.07, 6.45) is 1.83. The molecule has 2 aliphatic rings. The van der Waals surface area contributed by atoms with Crippen LogP contribution in [0.2, 0.25) is 0 Å². The molecule has 1 aromatic carbocycles. The monoisotopic (exact) mass is 400 g/mol. The lowest BCUT2D eigenvalue weighted by molar-refractivity contribution is 0.147. The quantitative estimate of drug-likeness (QED) is 0.725. The van der Waals surface area contributed by atoms with Crippen LogP contribution in [-0.2, 0) is 5.67 Å². The third kappa shape index (κ3) is 2.95. The molecule has 144 valence electrons. The van der Waals surface area contributed by atoms with Gasteiger partial charge in [0, 0.05) is 6.54 Å². The number of nitrogens with one attached hydrogen (secondary N) is 1. The minimum absolute atomic E-state index is 0.0759. The van der Waals surface area contributed by atoms with E-state index in [2.05, 4.69) is 15.0 Å². The number of hydrogen-bond acceptors (Lipinski definition) is 6. The number of aromatic nitrogens is 3. The minimum Gasteiger partial charge on any atom is -0.410 e. The predicted molar refractivity (Wildman–Crippen MR) is 101 cm³/mol. The number of carbonyl (C=O) groups is 1. The van der Waals surface area contributed by atoms with E-state index >= 15 is 0 Å². The molecule has 0 bridgehead atoms. The molecule has 28 heavy (non-hydrogen) atoms. The average molecular weight is 400 g/mol. The van der Waals surface area contributed by atoms with Crippen LogP contribution >= 0.6 is 11.3 Å². The first-order valence-corrected chi connectivity index (χ1v) is 9.99. The zero-order valence-corrected chi connectivity index (χ0v) is 15.7. The summed E-state index contributed by atoms with van der Waals surface area (Å²) < 4.78 is 19.8. The highest BCUT2D eigenvalue weighted by atomic mass is 32.1. The van der Waals surface area contributed by atoms with Crippen molar-refractivity contribution in [3.05, 3.63) is 51.5 Å². The number of fused-ring (bicyclic) bond motifs is 1. The van der Waals surface area contributed by atoms with E-state index in [9.17, 15) is 14.0 Å². The molecule has 2 aromatic heterocycles. The summed E-state index contributed by atoms with van der Waals surface area (Å²) in [6.45, 7) is 0.550. The molecule has 1 N–H and O–H groups in total. The number of alkyl halides is 1. The molecule has 1 saturated carbocycles. The molecule has 1 saturated heterocycles. The first kappa shape index (κ1) is 17.3. The van der Waals surface area contributed by atoms with E-state index in [0.717, 1.165) is 12.8 Å². The zero-order chi connectivity index (χ0) is 19.3. The van der Waals surface area contributed by atoms with E-state index in [1.54, 1.807) is 29.2 Å². The Bertz CT molecular complexity index is 1110. The Morgan fingerprint density at radius 1 is 1.29 bits per heavy atom. The number of H-pyrrole nitrogens is 1. The fourth-order valence-electron chi connectivity index (χ4n) is 3.44. The number of thiazole rings is 1. The molecule has 0 spiro atoms. The van der Waals surface area contributed by atoms with Crippen molar-refractivity contribution in [3.63, 3.8) is 0 Å². The summed E-state index contributed by atoms with van der Waals surface area (Å²) in [6, 6.07) is 8.60. The normalized spacial score (nSPS) is 20.5. The Morgan fingerprint density at radius 2 is 2.07 bits per heavy atom. The van der Waals surface area contributed by atoms with Gasteiger partial charge >= 0.3 is 6.09 Å². The number of ether oxygens (including phenoxy) is 1. The second kappa shape index (κ2) is 6.37. The maximum atomic E-state index is 14.3. The topological polar surface area (TPSA) is 88.2 Å². The van der Waals surface area contributed by atoms with Gasteiger partial charge in [0.15, 0.2) is 16.0 Å². The zero-order valence-electron chi connectivity index (χ0n) is 14.9. The largest absolute Gasteiger partial charge is 0.415 e. The Labute approximate surface area is 163 Å². The number of para-hydroxylation sites is 1. The van der Waals surface area contributed by atoms with Crippen molar-refractivity contribution in [2.75, 3.05) is 6.54 Å². The lowest BCUT2D eigenvalue weighted by atomic mass is 10.2. The smallest absolute Gasteiger partial charge is 0.410 e. The molecule has 0 radical (unpaired) electrons. The Morgan fingerprint density at radius 3 is 2.82 bits per heavy atom. The van der Waals surface area contributed by atoms with Crippen molar-refractivity contribution in [1.29, 1.82) is 0 Å². The van der Waals surface area contributed by atoms with Gasteiger partial charge < -0.3 is 9.72 Å². The summed E-state index contributed by atoms with van der Waals surface area (Å²) in [5.74, 6) is 0.551. The second-order valence-corrected chi connectivity index (χ2v) is 8.13. The molecule has 1 aliphatic carbocycles. The van der Waals surface area contributed by atoms with Crippen molar-refractivity contribution < 1.29 is 13.9 Å². The van der Waals surface area contributed by atoms with Gasteiger partial charge in [0.05, 0.1) is 6.04 Å². The molecule has 1 amide bonds. The van der Waals surface area contributed by atoms with Gasteiger partial charge in [-0.3, -0.25) is 9.69 Å². The van der Waals surface area contributed by atoms with Crippen LogP contribution in [0.25, 0.3) is 10.3 Å². The molecule has 1 atom stereocenters. The van der Waals surface area contributed by atoms with Crippen molar-refractivity contribution in [2.45, 2.75) is 37.4 Å². The Kier molecular flexibility index (Phi) is 3.94. The predicted octanol–water partition coefficient (Wildman–Crippen LogP) is 3.67. The van der Waals surface area contributed by atoms with Crippen LogP contribution in [0.5, 0.6) is 5.75 Å². The standard InChI is InChI=1S/C19H17FN4O3S/c20-19(8-9-19)17-22-14(25)13-16(23-17)28-15(21-13)12-7-4-10-24(12)18(26)27-11-5-2-1-3-6-11/h1-3,5-6,12H,4,7-10H2,(H,22,23,25). The first-order chi connectivity index (χ1) is 13.5. The Hall–Kier alpha value is -2.81. The summed E-state index contributed by atoms with van der Waals surface area (Å²) in [4.78, 5) is 38.2. The van der Waals surface area contributed by atoms with Crippen molar-refractivity contribution in [1.82, 2.24) is 19.9 Å². The third-order valence-electron chi connectivity index (χ3n) is 5.12. The summed E-state index contributed by atoms with van der Waals surface area (Å²) in [5, 5.41) is 0.622. The van der Waals surface area contributed by atoms with Gasteiger partial charge in [0.1, 0.15) is 16.6 Å². The van der Waals surface area contributed by atoms with Crippen molar-refractivity contribution in [2.24, 2.45) is 0 Å². The summed E-state index contributed by atoms with van der Waals surface area (Å²) in [7, 11) is 0. The molecule has 3 heterocycles. The summed E-state index contributed by atoms with van der Waals surface area (Å²) >= 11 is 1.24. The molecule has 7 nitrogen and oxygen atoms in total. The highest BCUT2D eigenvalue weighted by Crippen LogP contribution is 2.48. The molecular weight excluding hydrogens is 383 g/mol. The number of hydrogen-bond donors (Lipinski definition) is 1. The van der Waals surface area contributed by atoms with Crippen LogP contribution < -0.4 is 10.3 Å².